The average Bonchev–Trinajstić information content (AvgIpc) is 3.44. The Kier molecular flexibility index (Phi) is 5.10. The van der Waals surface area contributed by atoms with Crippen molar-refractivity contribution in [3.8, 4) is 5.75 Å². The van der Waals surface area contributed by atoms with Crippen LogP contribution in [0, 0.1) is 0 Å². The van der Waals surface area contributed by atoms with E-state index >= 15 is 0 Å². The Hall–Kier alpha value is -3.16. The molecule has 146 valence electrons. The highest BCUT2D eigenvalue weighted by atomic mass is 16.5. The molecule has 1 aliphatic heterocycles. The molecule has 0 N–H and O–H groups in total. The first-order chi connectivity index (χ1) is 13.7. The predicted molar refractivity (Wildman–Crippen MR) is 101 cm³/mol. The van der Waals surface area contributed by atoms with Gasteiger partial charge in [-0.15, -0.1) is 0 Å². The Morgan fingerprint density at radius 2 is 2.18 bits per heavy atom. The van der Waals surface area contributed by atoms with Gasteiger partial charge in [0.05, 0.1) is 18.6 Å². The van der Waals surface area contributed by atoms with Crippen LogP contribution in [0.15, 0.2) is 41.1 Å². The fraction of sp³-hybridized carbons (Fsp3) is 0.400. The Bertz CT molecular complexity index is 964. The topological polar surface area (TPSA) is 86.3 Å². The van der Waals surface area contributed by atoms with Gasteiger partial charge in [0.15, 0.2) is 5.82 Å². The van der Waals surface area contributed by atoms with E-state index in [4.69, 9.17) is 9.26 Å². The lowest BCUT2D eigenvalue weighted by Crippen LogP contribution is -2.31. The van der Waals surface area contributed by atoms with Crippen LogP contribution in [0.3, 0.4) is 0 Å². The number of hydrogen-bond donors (Lipinski definition) is 0. The molecule has 0 aliphatic carbocycles. The molecule has 0 radical (unpaired) electrons. The normalized spacial score (nSPS) is 16.5. The summed E-state index contributed by atoms with van der Waals surface area (Å²) >= 11 is 0. The Morgan fingerprint density at radius 3 is 2.96 bits per heavy atom. The first-order valence-electron chi connectivity index (χ1n) is 9.49. The highest BCUT2D eigenvalue weighted by molar-refractivity contribution is 5.97. The van der Waals surface area contributed by atoms with Crippen molar-refractivity contribution < 1.29 is 14.1 Å². The van der Waals surface area contributed by atoms with Crippen molar-refractivity contribution in [2.45, 2.75) is 32.2 Å². The summed E-state index contributed by atoms with van der Waals surface area (Å²) in [6, 6.07) is 9.04. The molecule has 1 fully saturated rings. The van der Waals surface area contributed by atoms with Crippen molar-refractivity contribution >= 4 is 5.91 Å². The van der Waals surface area contributed by atoms with E-state index in [1.165, 1.54) is 0 Å². The summed E-state index contributed by atoms with van der Waals surface area (Å²) in [5.41, 5.74) is 1.56. The Morgan fingerprint density at radius 1 is 1.32 bits per heavy atom. The molecule has 0 spiro atoms. The Balaban J connectivity index is 1.54. The van der Waals surface area contributed by atoms with E-state index in [0.29, 0.717) is 42.6 Å². The molecule has 3 aromatic rings. The minimum absolute atomic E-state index is 0.0714. The molecule has 1 unspecified atom stereocenters. The predicted octanol–water partition coefficient (Wildman–Crippen LogP) is 2.77. The highest BCUT2D eigenvalue weighted by Gasteiger charge is 2.35. The summed E-state index contributed by atoms with van der Waals surface area (Å²) in [4.78, 5) is 19.5. The second-order valence-corrected chi connectivity index (χ2v) is 6.76. The third-order valence-corrected chi connectivity index (χ3v) is 4.96. The number of rotatable bonds is 6. The molecule has 1 atom stereocenters. The third kappa shape index (κ3) is 3.49. The first-order valence-corrected chi connectivity index (χ1v) is 9.49. The van der Waals surface area contributed by atoms with Crippen LogP contribution in [0.4, 0.5) is 0 Å². The van der Waals surface area contributed by atoms with Crippen molar-refractivity contribution in [2.75, 3.05) is 13.2 Å². The van der Waals surface area contributed by atoms with Crippen LogP contribution in [-0.4, -0.2) is 43.9 Å². The molecule has 4 rings (SSSR count). The SMILES string of the molecule is CCOc1ccccc1C(=O)N1CCCC1c1nc(Cc2ccnn2C)no1. The highest BCUT2D eigenvalue weighted by Crippen LogP contribution is 2.34. The van der Waals surface area contributed by atoms with E-state index in [-0.39, 0.29) is 11.9 Å². The number of likely N-dealkylation sites (tertiary alicyclic amines) is 1. The van der Waals surface area contributed by atoms with E-state index in [0.717, 1.165) is 18.5 Å². The van der Waals surface area contributed by atoms with Gasteiger partial charge in [-0.2, -0.15) is 10.1 Å². The number of hydrogen-bond acceptors (Lipinski definition) is 6. The summed E-state index contributed by atoms with van der Waals surface area (Å²) in [7, 11) is 1.88. The largest absolute Gasteiger partial charge is 0.493 e. The van der Waals surface area contributed by atoms with E-state index in [1.54, 1.807) is 21.8 Å². The summed E-state index contributed by atoms with van der Waals surface area (Å²) < 4.78 is 12.9. The molecule has 28 heavy (non-hydrogen) atoms. The second-order valence-electron chi connectivity index (χ2n) is 6.76. The fourth-order valence-corrected chi connectivity index (χ4v) is 3.56. The maximum absolute atomic E-state index is 13.2. The fourth-order valence-electron chi connectivity index (χ4n) is 3.56. The van der Waals surface area contributed by atoms with Gasteiger partial charge in [0.2, 0.25) is 5.89 Å². The molecule has 0 bridgehead atoms. The smallest absolute Gasteiger partial charge is 0.258 e. The first kappa shape index (κ1) is 18.2. The number of aryl methyl sites for hydroxylation is 1. The van der Waals surface area contributed by atoms with Gasteiger partial charge in [-0.1, -0.05) is 17.3 Å². The Labute approximate surface area is 163 Å². The van der Waals surface area contributed by atoms with Gasteiger partial charge in [0, 0.05) is 25.5 Å². The molecule has 8 heteroatoms. The number of para-hydroxylation sites is 1. The second kappa shape index (κ2) is 7.84. The number of ether oxygens (including phenoxy) is 1. The molecule has 1 saturated heterocycles. The molecular formula is C20H23N5O3. The number of amides is 1. The van der Waals surface area contributed by atoms with Gasteiger partial charge < -0.3 is 14.2 Å². The number of benzene rings is 1. The molecule has 8 nitrogen and oxygen atoms in total. The van der Waals surface area contributed by atoms with Crippen LogP contribution in [0.2, 0.25) is 0 Å². The summed E-state index contributed by atoms with van der Waals surface area (Å²) in [5, 5.41) is 8.26. The van der Waals surface area contributed by atoms with Crippen molar-refractivity contribution in [3.05, 3.63) is 59.5 Å². The number of aromatic nitrogens is 4. The molecular weight excluding hydrogens is 358 g/mol. The van der Waals surface area contributed by atoms with E-state index < -0.39 is 0 Å². The van der Waals surface area contributed by atoms with Crippen LogP contribution >= 0.6 is 0 Å². The summed E-state index contributed by atoms with van der Waals surface area (Å²) in [5.74, 6) is 1.60. The van der Waals surface area contributed by atoms with E-state index in [1.807, 2.05) is 38.2 Å². The molecule has 0 saturated carbocycles. The maximum atomic E-state index is 13.2. The van der Waals surface area contributed by atoms with Crippen molar-refractivity contribution in [1.82, 2.24) is 24.8 Å². The molecule has 3 heterocycles. The average molecular weight is 381 g/mol. The minimum Gasteiger partial charge on any atom is -0.493 e. The zero-order chi connectivity index (χ0) is 19.5. The summed E-state index contributed by atoms with van der Waals surface area (Å²) in [6.45, 7) is 3.07. The van der Waals surface area contributed by atoms with Crippen LogP contribution in [0.25, 0.3) is 0 Å². The third-order valence-electron chi connectivity index (χ3n) is 4.96. The zero-order valence-electron chi connectivity index (χ0n) is 16.0. The van der Waals surface area contributed by atoms with Crippen molar-refractivity contribution in [1.29, 1.82) is 0 Å². The monoisotopic (exact) mass is 381 g/mol. The lowest BCUT2D eigenvalue weighted by atomic mass is 10.1. The van der Waals surface area contributed by atoms with Gasteiger partial charge in [0.1, 0.15) is 11.8 Å². The minimum atomic E-state index is -0.213. The van der Waals surface area contributed by atoms with E-state index in [9.17, 15) is 4.79 Å². The van der Waals surface area contributed by atoms with E-state index in [2.05, 4.69) is 15.2 Å². The quantitative estimate of drug-likeness (QED) is 0.653. The van der Waals surface area contributed by atoms with Crippen LogP contribution in [-0.2, 0) is 13.5 Å². The lowest BCUT2D eigenvalue weighted by Gasteiger charge is -2.23. The number of carbonyl (C=O) groups excluding carboxylic acids is 1. The molecule has 1 amide bonds. The standard InChI is InChI=1S/C20H23N5O3/c1-3-27-17-9-5-4-7-15(17)20(26)25-12-6-8-16(25)19-22-18(23-28-19)13-14-10-11-21-24(14)2/h4-5,7,9-11,16H,3,6,8,12-13H2,1-2H3. The maximum Gasteiger partial charge on any atom is 0.258 e. The number of nitrogens with zero attached hydrogens (tertiary/aromatic N) is 5. The van der Waals surface area contributed by atoms with Gasteiger partial charge in [-0.25, -0.2) is 0 Å². The molecule has 2 aromatic heterocycles. The number of carbonyl (C=O) groups is 1. The lowest BCUT2D eigenvalue weighted by molar-refractivity contribution is 0.0706. The van der Waals surface area contributed by atoms with Gasteiger partial charge in [0.25, 0.3) is 5.91 Å². The van der Waals surface area contributed by atoms with Crippen LogP contribution < -0.4 is 4.74 Å². The van der Waals surface area contributed by atoms with Crippen LogP contribution in [0.5, 0.6) is 5.75 Å². The van der Waals surface area contributed by atoms with Gasteiger partial charge >= 0.3 is 0 Å². The molecule has 1 aliphatic rings. The molecule has 1 aromatic carbocycles. The van der Waals surface area contributed by atoms with Gasteiger partial charge in [-0.05, 0) is 38.0 Å². The van der Waals surface area contributed by atoms with Crippen LogP contribution in [0.1, 0.15) is 53.6 Å². The van der Waals surface area contributed by atoms with Gasteiger partial charge in [-0.3, -0.25) is 9.48 Å². The van der Waals surface area contributed by atoms with Crippen molar-refractivity contribution in [2.24, 2.45) is 7.05 Å². The van der Waals surface area contributed by atoms with Crippen molar-refractivity contribution in [3.63, 3.8) is 0 Å². The zero-order valence-corrected chi connectivity index (χ0v) is 16.0. The summed E-state index contributed by atoms with van der Waals surface area (Å²) in [6.07, 6.45) is 3.97.